The lowest BCUT2D eigenvalue weighted by atomic mass is 10.0. The summed E-state index contributed by atoms with van der Waals surface area (Å²) in [6, 6.07) is 12.2. The minimum atomic E-state index is -1.10. The van der Waals surface area contributed by atoms with Gasteiger partial charge in [-0.15, -0.1) is 10.2 Å². The number of hydrogen-bond acceptors (Lipinski definition) is 7. The van der Waals surface area contributed by atoms with Gasteiger partial charge in [0.15, 0.2) is 0 Å². The minimum Gasteiger partial charge on any atom is -0.465 e. The second kappa shape index (κ2) is 12.1. The largest absolute Gasteiger partial charge is 0.465 e. The molecule has 4 N–H and O–H groups in total. The van der Waals surface area contributed by atoms with Crippen LogP contribution in [-0.4, -0.2) is 79.4 Å². The number of carbonyl (C=O) groups excluding carboxylic acids is 2. The van der Waals surface area contributed by atoms with Gasteiger partial charge in [-0.3, -0.25) is 19.4 Å². The highest BCUT2D eigenvalue weighted by Crippen LogP contribution is 2.27. The van der Waals surface area contributed by atoms with Gasteiger partial charge in [-0.25, -0.2) is 9.59 Å². The van der Waals surface area contributed by atoms with Crippen molar-refractivity contribution >= 4 is 35.4 Å². The number of anilines is 2. The van der Waals surface area contributed by atoms with Gasteiger partial charge in [-0.2, -0.15) is 0 Å². The molecule has 214 valence electrons. The smallest absolute Gasteiger partial charge is 0.407 e. The SMILES string of the molecule is O=C(Nc1ccc(-c2nnc(-c3ccc(NC(=O)[C@@H]4CCCCN4C(=O)O)cc3)o2)cc1)[C@@H]1CCCCN1C(=O)O. The number of amides is 4. The highest BCUT2D eigenvalue weighted by Gasteiger charge is 2.33. The Morgan fingerprint density at radius 1 is 0.659 bits per heavy atom. The van der Waals surface area contributed by atoms with Crippen molar-refractivity contribution in [1.29, 1.82) is 0 Å². The number of rotatable bonds is 6. The fraction of sp³-hybridized carbons (Fsp3) is 0.357. The van der Waals surface area contributed by atoms with E-state index in [1.807, 2.05) is 0 Å². The molecule has 2 aromatic carbocycles. The van der Waals surface area contributed by atoms with Gasteiger partial charge in [-0.05, 0) is 87.1 Å². The van der Waals surface area contributed by atoms with Crippen LogP contribution in [0.15, 0.2) is 52.9 Å². The van der Waals surface area contributed by atoms with Crippen molar-refractivity contribution in [3.05, 3.63) is 48.5 Å². The van der Waals surface area contributed by atoms with E-state index >= 15 is 0 Å². The average Bonchev–Trinajstić information content (AvgIpc) is 3.48. The second-order valence-corrected chi connectivity index (χ2v) is 10.0. The molecule has 3 heterocycles. The Kier molecular flexibility index (Phi) is 8.13. The maximum atomic E-state index is 12.7. The first-order valence-electron chi connectivity index (χ1n) is 13.5. The zero-order valence-corrected chi connectivity index (χ0v) is 22.2. The van der Waals surface area contributed by atoms with Crippen molar-refractivity contribution in [3.63, 3.8) is 0 Å². The van der Waals surface area contributed by atoms with Crippen molar-refractivity contribution in [3.8, 4) is 22.9 Å². The molecule has 2 atom stereocenters. The summed E-state index contributed by atoms with van der Waals surface area (Å²) in [6.45, 7) is 0.685. The number of carbonyl (C=O) groups is 4. The quantitative estimate of drug-likeness (QED) is 0.340. The summed E-state index contributed by atoms with van der Waals surface area (Å²) in [7, 11) is 0. The standard InChI is InChI=1S/C28H30N6O7/c35-23(21-5-1-3-15-33(21)27(37)38)29-19-11-7-17(8-12-19)25-31-32-26(41-25)18-9-13-20(14-10-18)30-24(36)22-6-2-4-16-34(22)28(39)40/h7-14,21-22H,1-6,15-16H2,(H,29,35)(H,30,36)(H,37,38)(H,39,40)/t21-,22-/m0/s1. The average molecular weight is 563 g/mol. The third-order valence-corrected chi connectivity index (χ3v) is 7.33. The lowest BCUT2D eigenvalue weighted by Crippen LogP contribution is -2.49. The van der Waals surface area contributed by atoms with Crippen molar-refractivity contribution in [2.45, 2.75) is 50.6 Å². The van der Waals surface area contributed by atoms with Crippen LogP contribution in [0.5, 0.6) is 0 Å². The monoisotopic (exact) mass is 562 g/mol. The predicted molar refractivity (Wildman–Crippen MR) is 147 cm³/mol. The summed E-state index contributed by atoms with van der Waals surface area (Å²) >= 11 is 0. The maximum absolute atomic E-state index is 12.7. The molecule has 0 aliphatic carbocycles. The summed E-state index contributed by atoms with van der Waals surface area (Å²) in [6.07, 6.45) is 1.84. The normalized spacial score (nSPS) is 18.9. The number of nitrogens with one attached hydrogen (secondary N) is 2. The fourth-order valence-corrected chi connectivity index (χ4v) is 5.17. The van der Waals surface area contributed by atoms with Gasteiger partial charge >= 0.3 is 12.2 Å². The molecule has 0 bridgehead atoms. The minimum absolute atomic E-state index is 0.269. The summed E-state index contributed by atoms with van der Waals surface area (Å²) in [5.74, 6) is -0.189. The highest BCUT2D eigenvalue weighted by atomic mass is 16.4. The Morgan fingerprint density at radius 2 is 1.05 bits per heavy atom. The molecule has 0 saturated carbocycles. The third kappa shape index (κ3) is 6.29. The molecule has 41 heavy (non-hydrogen) atoms. The topological polar surface area (TPSA) is 178 Å². The van der Waals surface area contributed by atoms with Gasteiger partial charge < -0.3 is 25.3 Å². The molecule has 0 spiro atoms. The van der Waals surface area contributed by atoms with Gasteiger partial charge in [0.05, 0.1) is 0 Å². The zero-order valence-electron chi connectivity index (χ0n) is 22.2. The summed E-state index contributed by atoms with van der Waals surface area (Å²) < 4.78 is 5.83. The van der Waals surface area contributed by atoms with Gasteiger partial charge in [0.25, 0.3) is 0 Å². The van der Waals surface area contributed by atoms with Crippen molar-refractivity contribution in [2.24, 2.45) is 0 Å². The van der Waals surface area contributed by atoms with Crippen LogP contribution >= 0.6 is 0 Å². The number of likely N-dealkylation sites (tertiary alicyclic amines) is 2. The van der Waals surface area contributed by atoms with E-state index < -0.39 is 24.3 Å². The first kappa shape index (κ1) is 27.6. The van der Waals surface area contributed by atoms with E-state index in [9.17, 15) is 29.4 Å². The Hall–Kier alpha value is -4.94. The Bertz CT molecular complexity index is 1320. The molecule has 13 nitrogen and oxygen atoms in total. The molecule has 1 aromatic heterocycles. The predicted octanol–water partition coefficient (Wildman–Crippen LogP) is 4.35. The molecule has 2 aliphatic rings. The molecule has 0 unspecified atom stereocenters. The summed E-state index contributed by atoms with van der Waals surface area (Å²) in [5.41, 5.74) is 2.30. The van der Waals surface area contributed by atoms with Crippen molar-refractivity contribution in [1.82, 2.24) is 20.0 Å². The number of nitrogens with zero attached hydrogens (tertiary/aromatic N) is 4. The van der Waals surface area contributed by atoms with Gasteiger partial charge in [0, 0.05) is 35.6 Å². The van der Waals surface area contributed by atoms with E-state index in [4.69, 9.17) is 4.42 Å². The molecule has 3 aromatic rings. The Labute approximate surface area is 235 Å². The van der Waals surface area contributed by atoms with Gasteiger partial charge in [-0.1, -0.05) is 0 Å². The van der Waals surface area contributed by atoms with E-state index in [2.05, 4.69) is 20.8 Å². The lowest BCUT2D eigenvalue weighted by Gasteiger charge is -2.32. The van der Waals surface area contributed by atoms with Crippen molar-refractivity contribution < 1.29 is 33.8 Å². The van der Waals surface area contributed by atoms with Crippen LogP contribution in [0.2, 0.25) is 0 Å². The van der Waals surface area contributed by atoms with Crippen LogP contribution in [0, 0.1) is 0 Å². The number of carboxylic acid groups (broad SMARTS) is 2. The number of benzene rings is 2. The lowest BCUT2D eigenvalue weighted by molar-refractivity contribution is -0.122. The van der Waals surface area contributed by atoms with E-state index in [0.717, 1.165) is 25.7 Å². The van der Waals surface area contributed by atoms with Crippen LogP contribution < -0.4 is 10.6 Å². The number of piperidine rings is 2. The Morgan fingerprint density at radius 3 is 1.41 bits per heavy atom. The first-order chi connectivity index (χ1) is 19.8. The maximum Gasteiger partial charge on any atom is 0.407 e. The first-order valence-corrected chi connectivity index (χ1v) is 13.5. The van der Waals surface area contributed by atoms with E-state index in [1.54, 1.807) is 48.5 Å². The molecule has 2 fully saturated rings. The zero-order chi connectivity index (χ0) is 28.9. The van der Waals surface area contributed by atoms with E-state index in [0.29, 0.717) is 48.4 Å². The number of hydrogen-bond donors (Lipinski definition) is 4. The Balaban J connectivity index is 1.20. The summed E-state index contributed by atoms with van der Waals surface area (Å²) in [5, 5.41) is 32.5. The van der Waals surface area contributed by atoms with Gasteiger partial charge in [0.2, 0.25) is 23.6 Å². The molecule has 2 saturated heterocycles. The van der Waals surface area contributed by atoms with E-state index in [1.165, 1.54) is 9.80 Å². The number of aromatic nitrogens is 2. The van der Waals surface area contributed by atoms with Crippen LogP contribution in [0.25, 0.3) is 22.9 Å². The molecule has 0 radical (unpaired) electrons. The molecular weight excluding hydrogens is 532 g/mol. The van der Waals surface area contributed by atoms with Crippen LogP contribution in [0.3, 0.4) is 0 Å². The highest BCUT2D eigenvalue weighted by molar-refractivity contribution is 5.97. The van der Waals surface area contributed by atoms with Gasteiger partial charge in [0.1, 0.15) is 12.1 Å². The van der Waals surface area contributed by atoms with Crippen molar-refractivity contribution in [2.75, 3.05) is 23.7 Å². The molecule has 13 heteroatoms. The third-order valence-electron chi connectivity index (χ3n) is 7.33. The fourth-order valence-electron chi connectivity index (χ4n) is 5.17. The van der Waals surface area contributed by atoms with Crippen LogP contribution in [0.4, 0.5) is 21.0 Å². The summed E-state index contributed by atoms with van der Waals surface area (Å²) in [4.78, 5) is 50.7. The molecule has 5 rings (SSSR count). The molecule has 2 aliphatic heterocycles. The second-order valence-electron chi connectivity index (χ2n) is 10.0. The molecule has 4 amide bonds. The van der Waals surface area contributed by atoms with E-state index in [-0.39, 0.29) is 23.6 Å². The molecular formula is C28H30N6O7. The van der Waals surface area contributed by atoms with Crippen LogP contribution in [-0.2, 0) is 9.59 Å². The van der Waals surface area contributed by atoms with Crippen LogP contribution in [0.1, 0.15) is 38.5 Å².